The van der Waals surface area contributed by atoms with Crippen LogP contribution in [0.5, 0.6) is 0 Å². The molecule has 0 aliphatic carbocycles. The summed E-state index contributed by atoms with van der Waals surface area (Å²) in [5.74, 6) is 0. The van der Waals surface area contributed by atoms with Crippen molar-refractivity contribution in [2.75, 3.05) is 20.1 Å². The molecule has 1 aliphatic heterocycles. The number of hydrogen-bond donors (Lipinski definition) is 1. The summed E-state index contributed by atoms with van der Waals surface area (Å²) in [6.07, 6.45) is 3.47. The van der Waals surface area contributed by atoms with Crippen molar-refractivity contribution in [3.8, 4) is 0 Å². The van der Waals surface area contributed by atoms with Crippen LogP contribution in [0.2, 0.25) is 0 Å². The number of hydrogen-bond acceptors (Lipinski definition) is 1. The number of likely N-dealkylation sites (tertiary alicyclic amines) is 1. The first-order valence-electron chi connectivity index (χ1n) is 6.36. The maximum absolute atomic E-state index is 3.43. The normalized spacial score (nSPS) is 25.8. The Bertz CT molecular complexity index is 555. The van der Waals surface area contributed by atoms with E-state index in [1.54, 1.807) is 0 Å². The largest absolute Gasteiger partial charge is 0.361 e. The molecule has 0 bridgehead atoms. The predicted molar refractivity (Wildman–Crippen MR) is 72.5 cm³/mol. The maximum atomic E-state index is 3.43. The molecule has 1 N–H and O–H groups in total. The zero-order valence-corrected chi connectivity index (χ0v) is 10.9. The fourth-order valence-electron chi connectivity index (χ4n) is 3.25. The molecule has 0 amide bonds. The molecule has 17 heavy (non-hydrogen) atoms. The van der Waals surface area contributed by atoms with Gasteiger partial charge in [-0.15, -0.1) is 0 Å². The summed E-state index contributed by atoms with van der Waals surface area (Å²) in [6.45, 7) is 6.97. The van der Waals surface area contributed by atoms with Crippen LogP contribution in [0.25, 0.3) is 10.9 Å². The Kier molecular flexibility index (Phi) is 2.30. The second-order valence-electron chi connectivity index (χ2n) is 5.75. The first kappa shape index (κ1) is 10.8. The fraction of sp³-hybridized carbons (Fsp3) is 0.467. The highest BCUT2D eigenvalue weighted by atomic mass is 15.1. The van der Waals surface area contributed by atoms with E-state index in [4.69, 9.17) is 0 Å². The van der Waals surface area contributed by atoms with E-state index in [9.17, 15) is 0 Å². The van der Waals surface area contributed by atoms with Crippen LogP contribution >= 0.6 is 0 Å². The number of H-pyrrole nitrogens is 1. The van der Waals surface area contributed by atoms with Crippen LogP contribution in [0, 0.1) is 6.92 Å². The number of aromatic nitrogens is 1. The van der Waals surface area contributed by atoms with Crippen LogP contribution in [-0.2, 0) is 5.41 Å². The highest BCUT2D eigenvalue weighted by molar-refractivity contribution is 5.87. The minimum Gasteiger partial charge on any atom is -0.361 e. The third kappa shape index (κ3) is 1.59. The zero-order valence-electron chi connectivity index (χ0n) is 10.9. The molecule has 1 unspecified atom stereocenters. The fourth-order valence-corrected chi connectivity index (χ4v) is 3.25. The van der Waals surface area contributed by atoms with E-state index >= 15 is 0 Å². The maximum Gasteiger partial charge on any atom is 0.0459 e. The van der Waals surface area contributed by atoms with Crippen LogP contribution in [0.4, 0.5) is 0 Å². The average molecular weight is 228 g/mol. The van der Waals surface area contributed by atoms with Crippen LogP contribution in [0.15, 0.2) is 24.4 Å². The summed E-state index contributed by atoms with van der Waals surface area (Å²) in [5.41, 5.74) is 4.46. The summed E-state index contributed by atoms with van der Waals surface area (Å²) >= 11 is 0. The van der Waals surface area contributed by atoms with Crippen molar-refractivity contribution in [2.24, 2.45) is 0 Å². The lowest BCUT2D eigenvalue weighted by atomic mass is 9.81. The molecule has 2 nitrogen and oxygen atoms in total. The molecule has 1 saturated heterocycles. The molecule has 2 aromatic rings. The van der Waals surface area contributed by atoms with E-state index < -0.39 is 0 Å². The molecular weight excluding hydrogens is 208 g/mol. The van der Waals surface area contributed by atoms with Gasteiger partial charge >= 0.3 is 0 Å². The number of fused-ring (bicyclic) bond motifs is 1. The van der Waals surface area contributed by atoms with Gasteiger partial charge in [0.15, 0.2) is 0 Å². The van der Waals surface area contributed by atoms with Gasteiger partial charge in [-0.25, -0.2) is 0 Å². The van der Waals surface area contributed by atoms with Gasteiger partial charge in [-0.1, -0.05) is 19.1 Å². The number of nitrogens with one attached hydrogen (secondary N) is 1. The standard InChI is InChI=1S/C15H20N2/c1-11-5-4-6-13-14(11)12(9-16-13)15(2)7-8-17(3)10-15/h4-6,9,16H,7-8,10H2,1-3H3. The van der Waals surface area contributed by atoms with Gasteiger partial charge in [0.2, 0.25) is 0 Å². The SMILES string of the molecule is Cc1cccc2[nH]cc(C3(C)CCN(C)C3)c12. The number of benzene rings is 1. The van der Waals surface area contributed by atoms with Crippen molar-refractivity contribution in [1.29, 1.82) is 0 Å². The van der Waals surface area contributed by atoms with Crippen molar-refractivity contribution in [3.63, 3.8) is 0 Å². The number of rotatable bonds is 1. The number of likely N-dealkylation sites (N-methyl/N-ethyl adjacent to an activating group) is 1. The molecule has 2 heteroatoms. The van der Waals surface area contributed by atoms with Gasteiger partial charge in [-0.05, 0) is 44.1 Å². The molecule has 0 radical (unpaired) electrons. The Morgan fingerprint density at radius 1 is 1.35 bits per heavy atom. The van der Waals surface area contributed by atoms with Crippen molar-refractivity contribution in [1.82, 2.24) is 9.88 Å². The zero-order chi connectivity index (χ0) is 12.0. The number of aryl methyl sites for hydroxylation is 1. The molecule has 1 aromatic heterocycles. The molecule has 0 spiro atoms. The Labute approximate surface area is 103 Å². The minimum absolute atomic E-state index is 0.305. The molecule has 1 atom stereocenters. The van der Waals surface area contributed by atoms with Gasteiger partial charge in [0.25, 0.3) is 0 Å². The van der Waals surface area contributed by atoms with E-state index in [1.165, 1.54) is 35.0 Å². The quantitative estimate of drug-likeness (QED) is 0.794. The van der Waals surface area contributed by atoms with E-state index in [2.05, 4.69) is 55.2 Å². The van der Waals surface area contributed by atoms with Crippen LogP contribution in [0.3, 0.4) is 0 Å². The Morgan fingerprint density at radius 3 is 2.88 bits per heavy atom. The van der Waals surface area contributed by atoms with Crippen molar-refractivity contribution < 1.29 is 0 Å². The van der Waals surface area contributed by atoms with Gasteiger partial charge in [0.1, 0.15) is 0 Å². The molecule has 1 aromatic carbocycles. The number of aromatic amines is 1. The Morgan fingerprint density at radius 2 is 2.18 bits per heavy atom. The lowest BCUT2D eigenvalue weighted by Gasteiger charge is -2.24. The first-order valence-corrected chi connectivity index (χ1v) is 6.36. The second-order valence-corrected chi connectivity index (χ2v) is 5.75. The van der Waals surface area contributed by atoms with Gasteiger partial charge in [-0.3, -0.25) is 0 Å². The smallest absolute Gasteiger partial charge is 0.0459 e. The molecular formula is C15H20N2. The topological polar surface area (TPSA) is 19.0 Å². The lowest BCUT2D eigenvalue weighted by molar-refractivity contribution is 0.382. The Balaban J connectivity index is 2.18. The highest BCUT2D eigenvalue weighted by Crippen LogP contribution is 2.38. The average Bonchev–Trinajstić information content (AvgIpc) is 2.84. The van der Waals surface area contributed by atoms with Crippen LogP contribution in [-0.4, -0.2) is 30.0 Å². The Hall–Kier alpha value is -1.28. The minimum atomic E-state index is 0.305. The summed E-state index contributed by atoms with van der Waals surface area (Å²) in [6, 6.07) is 6.51. The van der Waals surface area contributed by atoms with Gasteiger partial charge < -0.3 is 9.88 Å². The predicted octanol–water partition coefficient (Wildman–Crippen LogP) is 3.07. The second kappa shape index (κ2) is 3.61. The van der Waals surface area contributed by atoms with Crippen LogP contribution < -0.4 is 0 Å². The monoisotopic (exact) mass is 228 g/mol. The molecule has 1 fully saturated rings. The summed E-state index contributed by atoms with van der Waals surface area (Å²) in [4.78, 5) is 5.86. The molecule has 2 heterocycles. The van der Waals surface area contributed by atoms with E-state index in [0.29, 0.717) is 5.41 Å². The molecule has 3 rings (SSSR count). The number of nitrogens with zero attached hydrogens (tertiary/aromatic N) is 1. The summed E-state index contributed by atoms with van der Waals surface area (Å²) < 4.78 is 0. The molecule has 0 saturated carbocycles. The first-order chi connectivity index (χ1) is 8.10. The van der Waals surface area contributed by atoms with Crippen LogP contribution in [0.1, 0.15) is 24.5 Å². The third-order valence-electron chi connectivity index (χ3n) is 4.23. The van der Waals surface area contributed by atoms with E-state index in [-0.39, 0.29) is 0 Å². The van der Waals surface area contributed by atoms with Crippen molar-refractivity contribution in [2.45, 2.75) is 25.7 Å². The van der Waals surface area contributed by atoms with E-state index in [1.807, 2.05) is 0 Å². The van der Waals surface area contributed by atoms with Crippen molar-refractivity contribution in [3.05, 3.63) is 35.5 Å². The highest BCUT2D eigenvalue weighted by Gasteiger charge is 2.35. The van der Waals surface area contributed by atoms with Gasteiger partial charge in [-0.2, -0.15) is 0 Å². The van der Waals surface area contributed by atoms with Gasteiger partial charge in [0.05, 0.1) is 0 Å². The van der Waals surface area contributed by atoms with Gasteiger partial charge in [0, 0.05) is 29.1 Å². The van der Waals surface area contributed by atoms with Crippen molar-refractivity contribution >= 4 is 10.9 Å². The summed E-state index contributed by atoms with van der Waals surface area (Å²) in [5, 5.41) is 1.44. The molecule has 1 aliphatic rings. The summed E-state index contributed by atoms with van der Waals surface area (Å²) in [7, 11) is 2.22. The third-order valence-corrected chi connectivity index (χ3v) is 4.23. The molecule has 90 valence electrons. The lowest BCUT2D eigenvalue weighted by Crippen LogP contribution is -2.25. The van der Waals surface area contributed by atoms with E-state index in [0.717, 1.165) is 6.54 Å².